The highest BCUT2D eigenvalue weighted by atomic mass is 16.5. The minimum Gasteiger partial charge on any atom is -0.458 e. The highest BCUT2D eigenvalue weighted by Crippen LogP contribution is 2.67. The topological polar surface area (TPSA) is 97.7 Å². The maximum Gasteiger partial charge on any atom is 0.303 e. The average Bonchev–Trinajstić information content (AvgIpc) is 2.87. The van der Waals surface area contributed by atoms with Gasteiger partial charge in [-0.25, -0.2) is 0 Å². The molecular weight excluding hydrogens is 384 g/mol. The summed E-state index contributed by atoms with van der Waals surface area (Å²) in [7, 11) is 0. The summed E-state index contributed by atoms with van der Waals surface area (Å²) in [5, 5.41) is 11.7. The van der Waals surface area contributed by atoms with Gasteiger partial charge in [-0.2, -0.15) is 0 Å². The van der Waals surface area contributed by atoms with E-state index in [1.54, 1.807) is 12.2 Å². The van der Waals surface area contributed by atoms with Gasteiger partial charge in [-0.1, -0.05) is 32.4 Å². The molecule has 3 fully saturated rings. The van der Waals surface area contributed by atoms with Crippen molar-refractivity contribution in [1.82, 2.24) is 0 Å². The van der Waals surface area contributed by atoms with E-state index in [0.29, 0.717) is 6.42 Å². The number of esters is 1. The van der Waals surface area contributed by atoms with Gasteiger partial charge in [0.1, 0.15) is 11.4 Å². The normalized spacial score (nSPS) is 44.6. The molecule has 4 aliphatic carbocycles. The second kappa shape index (κ2) is 6.71. The van der Waals surface area contributed by atoms with Crippen LogP contribution in [0.1, 0.15) is 53.4 Å². The first-order chi connectivity index (χ1) is 13.9. The van der Waals surface area contributed by atoms with Gasteiger partial charge in [0.2, 0.25) is 5.78 Å². The number of hydrogen-bond acceptors (Lipinski definition) is 6. The molecule has 0 amide bonds. The Morgan fingerprint density at radius 1 is 1.27 bits per heavy atom. The quantitative estimate of drug-likeness (QED) is 0.713. The second-order valence-corrected chi connectivity index (χ2v) is 10.1. The number of ketones is 3. The molecule has 1 N–H and O–H groups in total. The summed E-state index contributed by atoms with van der Waals surface area (Å²) in [5.74, 6) is -1.63. The third-order valence-corrected chi connectivity index (χ3v) is 8.67. The number of rotatable bonds is 3. The van der Waals surface area contributed by atoms with Crippen LogP contribution in [0.4, 0.5) is 0 Å². The summed E-state index contributed by atoms with van der Waals surface area (Å²) in [6, 6.07) is 0. The van der Waals surface area contributed by atoms with E-state index in [1.807, 2.05) is 26.8 Å². The number of allylic oxidation sites excluding steroid dienone is 4. The van der Waals surface area contributed by atoms with Crippen molar-refractivity contribution in [1.29, 1.82) is 0 Å². The van der Waals surface area contributed by atoms with Crippen LogP contribution in [0.5, 0.6) is 0 Å². The van der Waals surface area contributed by atoms with E-state index < -0.39 is 34.8 Å². The molecule has 0 aliphatic heterocycles. The van der Waals surface area contributed by atoms with Crippen molar-refractivity contribution in [2.45, 2.75) is 59.0 Å². The van der Waals surface area contributed by atoms with Crippen molar-refractivity contribution in [3.63, 3.8) is 0 Å². The molecule has 4 aliphatic rings. The molecule has 0 aromatic heterocycles. The van der Waals surface area contributed by atoms with E-state index in [-0.39, 0.29) is 41.7 Å². The molecule has 30 heavy (non-hydrogen) atoms. The van der Waals surface area contributed by atoms with Crippen molar-refractivity contribution >= 4 is 23.3 Å². The van der Waals surface area contributed by atoms with Crippen molar-refractivity contribution in [3.05, 3.63) is 23.8 Å². The van der Waals surface area contributed by atoms with E-state index in [2.05, 4.69) is 0 Å². The fourth-order valence-corrected chi connectivity index (χ4v) is 7.24. The standard InChI is InChI=1S/C24H30O6/c1-13-9-18-17-6-5-15-10-16(26)7-8-22(15,3)21(17)19(27)11-23(18,4)24(13,29)20(28)12-30-14(2)25/h7-8,10,13,17-18,21,29H,5-6,9,11-12H2,1-4H3/t13-,17-,18+,21-,22-,23-,24-/m0/s1. The summed E-state index contributed by atoms with van der Waals surface area (Å²) >= 11 is 0. The zero-order valence-corrected chi connectivity index (χ0v) is 18.1. The average molecular weight is 414 g/mol. The van der Waals surface area contributed by atoms with Crippen LogP contribution < -0.4 is 0 Å². The summed E-state index contributed by atoms with van der Waals surface area (Å²) < 4.78 is 4.90. The molecule has 162 valence electrons. The van der Waals surface area contributed by atoms with Gasteiger partial charge in [-0.05, 0) is 49.2 Å². The first-order valence-corrected chi connectivity index (χ1v) is 10.8. The minimum absolute atomic E-state index is 0.00545. The Labute approximate surface area is 176 Å². The largest absolute Gasteiger partial charge is 0.458 e. The maximum absolute atomic E-state index is 13.5. The van der Waals surface area contributed by atoms with Crippen LogP contribution in [-0.4, -0.2) is 40.6 Å². The van der Waals surface area contributed by atoms with E-state index in [1.165, 1.54) is 6.92 Å². The van der Waals surface area contributed by atoms with Crippen LogP contribution in [-0.2, 0) is 23.9 Å². The lowest BCUT2D eigenvalue weighted by atomic mass is 9.46. The van der Waals surface area contributed by atoms with E-state index in [0.717, 1.165) is 18.4 Å². The van der Waals surface area contributed by atoms with Crippen molar-refractivity contribution in [2.24, 2.45) is 34.5 Å². The number of Topliss-reactive ketones (excluding diaryl/α,β-unsaturated/α-hetero) is 2. The van der Waals surface area contributed by atoms with Gasteiger partial charge in [0.15, 0.2) is 12.4 Å². The lowest BCUT2D eigenvalue weighted by Crippen LogP contribution is -2.62. The van der Waals surface area contributed by atoms with Gasteiger partial charge in [0.25, 0.3) is 0 Å². The lowest BCUT2D eigenvalue weighted by Gasteiger charge is -2.56. The molecule has 0 bridgehead atoms. The van der Waals surface area contributed by atoms with Crippen molar-refractivity contribution < 1.29 is 29.0 Å². The zero-order chi connectivity index (χ0) is 22.1. The molecule has 6 heteroatoms. The van der Waals surface area contributed by atoms with Crippen LogP contribution >= 0.6 is 0 Å². The summed E-state index contributed by atoms with van der Waals surface area (Å²) in [6.07, 6.45) is 7.37. The Morgan fingerprint density at radius 2 is 1.97 bits per heavy atom. The molecule has 0 unspecified atom stereocenters. The molecule has 6 nitrogen and oxygen atoms in total. The molecule has 7 atom stereocenters. The SMILES string of the molecule is CC(=O)OCC(=O)[C@@]1(O)[C@@H](C)C[C@@H]2[C@@H]3CCC4=CC(=O)C=C[C@]4(C)[C@@H]3C(=O)C[C@@]21C. The van der Waals surface area contributed by atoms with Gasteiger partial charge in [-0.15, -0.1) is 0 Å². The molecule has 3 saturated carbocycles. The fourth-order valence-electron chi connectivity index (χ4n) is 7.24. The van der Waals surface area contributed by atoms with Gasteiger partial charge in [-0.3, -0.25) is 19.2 Å². The van der Waals surface area contributed by atoms with E-state index in [9.17, 15) is 24.3 Å². The smallest absolute Gasteiger partial charge is 0.303 e. The number of ether oxygens (including phenoxy) is 1. The van der Waals surface area contributed by atoms with Gasteiger partial charge in [0.05, 0.1) is 0 Å². The lowest BCUT2D eigenvalue weighted by molar-refractivity contribution is -0.176. The summed E-state index contributed by atoms with van der Waals surface area (Å²) in [6.45, 7) is 6.50. The number of aliphatic hydroxyl groups is 1. The molecule has 4 rings (SSSR count). The van der Waals surface area contributed by atoms with Crippen LogP contribution in [0.3, 0.4) is 0 Å². The van der Waals surface area contributed by atoms with E-state index >= 15 is 0 Å². The number of carbonyl (C=O) groups is 4. The molecule has 0 saturated heterocycles. The van der Waals surface area contributed by atoms with Gasteiger partial charge >= 0.3 is 5.97 Å². The number of hydrogen-bond donors (Lipinski definition) is 1. The zero-order valence-electron chi connectivity index (χ0n) is 18.1. The molecule has 0 aromatic carbocycles. The first-order valence-electron chi connectivity index (χ1n) is 10.8. The Kier molecular flexibility index (Phi) is 4.73. The van der Waals surface area contributed by atoms with Gasteiger partial charge in [0, 0.05) is 30.1 Å². The Morgan fingerprint density at radius 3 is 2.63 bits per heavy atom. The third kappa shape index (κ3) is 2.65. The Balaban J connectivity index is 1.71. The number of carbonyl (C=O) groups excluding carboxylic acids is 4. The van der Waals surface area contributed by atoms with Crippen LogP contribution in [0, 0.1) is 34.5 Å². The third-order valence-electron chi connectivity index (χ3n) is 8.67. The predicted molar refractivity (Wildman–Crippen MR) is 108 cm³/mol. The van der Waals surface area contributed by atoms with Crippen LogP contribution in [0.25, 0.3) is 0 Å². The molecular formula is C24H30O6. The molecule has 0 aromatic rings. The molecule has 0 radical (unpaired) electrons. The highest BCUT2D eigenvalue weighted by molar-refractivity contribution is 6.02. The van der Waals surface area contributed by atoms with Crippen molar-refractivity contribution in [2.75, 3.05) is 6.61 Å². The number of fused-ring (bicyclic) bond motifs is 5. The molecule has 0 spiro atoms. The Bertz CT molecular complexity index is 899. The van der Waals surface area contributed by atoms with Crippen LogP contribution in [0.2, 0.25) is 0 Å². The van der Waals surface area contributed by atoms with Gasteiger partial charge < -0.3 is 9.84 Å². The summed E-state index contributed by atoms with van der Waals surface area (Å²) in [5.41, 5.74) is -2.07. The maximum atomic E-state index is 13.5. The highest BCUT2D eigenvalue weighted by Gasteiger charge is 2.70. The minimum atomic E-state index is -1.71. The van der Waals surface area contributed by atoms with Crippen LogP contribution in [0.15, 0.2) is 23.8 Å². The Hall–Kier alpha value is -2.08. The molecule has 0 heterocycles. The summed E-state index contributed by atoms with van der Waals surface area (Å²) in [4.78, 5) is 49.7. The van der Waals surface area contributed by atoms with E-state index in [4.69, 9.17) is 4.74 Å². The first kappa shape index (κ1) is 21.2. The fraction of sp³-hybridized carbons (Fsp3) is 0.667. The monoisotopic (exact) mass is 414 g/mol. The second-order valence-electron chi connectivity index (χ2n) is 10.1. The van der Waals surface area contributed by atoms with Crippen molar-refractivity contribution in [3.8, 4) is 0 Å². The predicted octanol–water partition coefficient (Wildman–Crippen LogP) is 2.58.